The van der Waals surface area contributed by atoms with Gasteiger partial charge in [0.15, 0.2) is 0 Å². The summed E-state index contributed by atoms with van der Waals surface area (Å²) in [6.07, 6.45) is 3.98. The highest BCUT2D eigenvalue weighted by molar-refractivity contribution is 7.85. The van der Waals surface area contributed by atoms with Crippen molar-refractivity contribution in [2.24, 2.45) is 12.5 Å². The number of para-hydroxylation sites is 1. The second-order valence-corrected chi connectivity index (χ2v) is 9.21. The minimum absolute atomic E-state index is 0.135. The van der Waals surface area contributed by atoms with Gasteiger partial charge in [-0.1, -0.05) is 32.9 Å². The van der Waals surface area contributed by atoms with E-state index in [-0.39, 0.29) is 5.41 Å². The Kier molecular flexibility index (Phi) is 7.94. The van der Waals surface area contributed by atoms with Crippen LogP contribution in [0.4, 0.5) is 0 Å². The second kappa shape index (κ2) is 9.29. The van der Waals surface area contributed by atoms with Crippen molar-refractivity contribution in [2.45, 2.75) is 46.2 Å². The Hall–Kier alpha value is -1.97. The Bertz CT molecular complexity index is 861. The molecule has 0 aliphatic rings. The van der Waals surface area contributed by atoms with Crippen LogP contribution < -0.4 is 5.32 Å². The Balaban J connectivity index is 0.000000646. The van der Waals surface area contributed by atoms with Gasteiger partial charge >= 0.3 is 5.97 Å². The smallest absolute Gasteiger partial charge is 0.320 e. The number of carboxylic acid groups (broad SMARTS) is 1. The highest BCUT2D eigenvalue weighted by Gasteiger charge is 2.20. The van der Waals surface area contributed by atoms with Gasteiger partial charge < -0.3 is 15.0 Å². The first-order valence-electron chi connectivity index (χ1n) is 8.55. The minimum Gasteiger partial charge on any atom is -0.480 e. The molecule has 1 aromatic carbocycles. The van der Waals surface area contributed by atoms with Crippen molar-refractivity contribution >= 4 is 27.1 Å². The molecule has 0 amide bonds. The highest BCUT2D eigenvalue weighted by Crippen LogP contribution is 2.22. The van der Waals surface area contributed by atoms with Crippen LogP contribution in [-0.4, -0.2) is 45.9 Å². The van der Waals surface area contributed by atoms with E-state index in [1.807, 2.05) is 29.8 Å². The molecule has 1 aromatic heterocycles. The molecule has 1 atom stereocenters. The fraction of sp³-hybridized carbons (Fsp3) is 0.556. The normalized spacial score (nSPS) is 13.1. The molecule has 3 N–H and O–H groups in total. The molecule has 2 rings (SSSR count). The molecule has 0 bridgehead atoms. The van der Waals surface area contributed by atoms with Gasteiger partial charge in [-0.15, -0.1) is 0 Å². The molecule has 0 unspecified atom stereocenters. The van der Waals surface area contributed by atoms with Crippen LogP contribution in [0.1, 0.15) is 39.2 Å². The third-order valence-corrected chi connectivity index (χ3v) is 3.86. The molecule has 152 valence electrons. The first-order chi connectivity index (χ1) is 12.3. The molecule has 1 heterocycles. The summed E-state index contributed by atoms with van der Waals surface area (Å²) >= 11 is 0. The third-order valence-electron chi connectivity index (χ3n) is 3.86. The Morgan fingerprint density at radius 3 is 2.44 bits per heavy atom. The summed E-state index contributed by atoms with van der Waals surface area (Å²) in [4.78, 5) is 15.8. The first-order valence-corrected chi connectivity index (χ1v) is 10.4. The number of hydrogen-bond acceptors (Lipinski definition) is 5. The zero-order valence-electron chi connectivity index (χ0n) is 16.4. The van der Waals surface area contributed by atoms with E-state index in [1.165, 1.54) is 0 Å². The summed E-state index contributed by atoms with van der Waals surface area (Å²) in [7, 11) is -1.71. The largest absolute Gasteiger partial charge is 0.480 e. The van der Waals surface area contributed by atoms with Gasteiger partial charge in [-0.2, -0.15) is 8.42 Å². The number of aromatic nitrogens is 2. The van der Waals surface area contributed by atoms with Gasteiger partial charge in [0.05, 0.1) is 23.6 Å². The second-order valence-electron chi connectivity index (χ2n) is 7.74. The zero-order valence-corrected chi connectivity index (χ0v) is 17.2. The van der Waals surface area contributed by atoms with Crippen molar-refractivity contribution in [3.63, 3.8) is 0 Å². The topological polar surface area (TPSA) is 122 Å². The molecule has 0 saturated heterocycles. The molecular weight excluding hydrogens is 370 g/mol. The van der Waals surface area contributed by atoms with Crippen molar-refractivity contribution in [3.05, 3.63) is 30.1 Å². The van der Waals surface area contributed by atoms with Crippen molar-refractivity contribution in [1.29, 1.82) is 0 Å². The van der Waals surface area contributed by atoms with Crippen LogP contribution in [0, 0.1) is 5.41 Å². The number of hydrogen-bond donors (Lipinski definition) is 3. The van der Waals surface area contributed by atoms with Crippen LogP contribution in [0.25, 0.3) is 11.0 Å². The van der Waals surface area contributed by atoms with Crippen molar-refractivity contribution in [1.82, 2.24) is 14.9 Å². The number of nitrogens with zero attached hydrogens (tertiary/aromatic N) is 2. The van der Waals surface area contributed by atoms with Crippen LogP contribution in [0.3, 0.4) is 0 Å². The van der Waals surface area contributed by atoms with Gasteiger partial charge in [0.2, 0.25) is 0 Å². The predicted molar refractivity (Wildman–Crippen MR) is 105 cm³/mol. The maximum atomic E-state index is 11.4. The maximum absolute atomic E-state index is 11.4. The molecule has 0 saturated carbocycles. The van der Waals surface area contributed by atoms with Crippen LogP contribution >= 0.6 is 0 Å². The third kappa shape index (κ3) is 8.98. The minimum atomic E-state index is -3.67. The van der Waals surface area contributed by atoms with Crippen LogP contribution in [-0.2, 0) is 28.5 Å². The van der Waals surface area contributed by atoms with Crippen molar-refractivity contribution < 1.29 is 22.9 Å². The van der Waals surface area contributed by atoms with Gasteiger partial charge in [0, 0.05) is 13.6 Å². The van der Waals surface area contributed by atoms with E-state index in [2.05, 4.69) is 31.1 Å². The van der Waals surface area contributed by atoms with E-state index < -0.39 is 22.1 Å². The Morgan fingerprint density at radius 2 is 1.93 bits per heavy atom. The fourth-order valence-electron chi connectivity index (χ4n) is 2.48. The summed E-state index contributed by atoms with van der Waals surface area (Å²) in [5, 5.41) is 12.5. The molecule has 2 aromatic rings. The molecule has 8 nitrogen and oxygen atoms in total. The lowest BCUT2D eigenvalue weighted by Crippen LogP contribution is -2.37. The van der Waals surface area contributed by atoms with Gasteiger partial charge in [0.1, 0.15) is 6.04 Å². The van der Waals surface area contributed by atoms with Crippen molar-refractivity contribution in [3.8, 4) is 0 Å². The number of carbonyl (C=O) groups is 1. The number of aryl methyl sites for hydroxylation is 1. The summed E-state index contributed by atoms with van der Waals surface area (Å²) in [6, 6.07) is 5.45. The summed E-state index contributed by atoms with van der Waals surface area (Å²) in [5.74, 6) is -0.794. The van der Waals surface area contributed by atoms with E-state index >= 15 is 0 Å². The maximum Gasteiger partial charge on any atom is 0.320 e. The van der Waals surface area contributed by atoms with Crippen LogP contribution in [0.2, 0.25) is 0 Å². The monoisotopic (exact) mass is 399 g/mol. The first kappa shape index (κ1) is 23.1. The standard InChI is InChI=1S/C17H25N3O2.CH4O3S/c1-17(2,3)9-8-13(16(21)22)18-10-12-6-5-7-14-15(12)19-11-20(14)4;1-5(2,3)4/h5-7,11,13,18H,8-10H2,1-4H3,(H,21,22);1H3,(H,2,3,4)/t13-;/m0./s1. The fourth-order valence-corrected chi connectivity index (χ4v) is 2.48. The number of carboxylic acids is 1. The predicted octanol–water partition coefficient (Wildman–Crippen LogP) is 2.45. The van der Waals surface area contributed by atoms with E-state index in [0.29, 0.717) is 19.2 Å². The van der Waals surface area contributed by atoms with Crippen molar-refractivity contribution in [2.75, 3.05) is 6.26 Å². The quantitative estimate of drug-likeness (QED) is 0.638. The molecule has 0 aliphatic heterocycles. The molecule has 0 spiro atoms. The molecule has 0 aliphatic carbocycles. The van der Waals surface area contributed by atoms with E-state index in [4.69, 9.17) is 4.55 Å². The number of fused-ring (bicyclic) bond motifs is 1. The van der Waals surface area contributed by atoms with E-state index in [1.54, 1.807) is 6.33 Å². The van der Waals surface area contributed by atoms with Gasteiger partial charge in [0.25, 0.3) is 10.1 Å². The summed E-state index contributed by atoms with van der Waals surface area (Å²) in [5.41, 5.74) is 3.15. The van der Waals surface area contributed by atoms with Gasteiger partial charge in [-0.05, 0) is 29.9 Å². The number of nitrogens with one attached hydrogen (secondary N) is 1. The number of rotatable bonds is 6. The zero-order chi connectivity index (χ0) is 20.8. The SMILES string of the molecule is CS(=O)(=O)O.Cn1cnc2c(CN[C@@H](CCC(C)(C)C)C(=O)O)cccc21. The molecular formula is C18H29N3O5S. The highest BCUT2D eigenvalue weighted by atomic mass is 32.2. The number of aliphatic carboxylic acids is 1. The number of imidazole rings is 1. The summed E-state index contributed by atoms with van der Waals surface area (Å²) < 4.78 is 27.8. The van der Waals surface area contributed by atoms with Crippen LogP contribution in [0.5, 0.6) is 0 Å². The average Bonchev–Trinajstić information content (AvgIpc) is 2.86. The molecule has 9 heteroatoms. The average molecular weight is 400 g/mol. The van der Waals surface area contributed by atoms with Gasteiger partial charge in [-0.3, -0.25) is 9.35 Å². The lowest BCUT2D eigenvalue weighted by molar-refractivity contribution is -0.139. The molecule has 27 heavy (non-hydrogen) atoms. The molecule has 0 fully saturated rings. The van der Waals surface area contributed by atoms with Crippen LogP contribution in [0.15, 0.2) is 24.5 Å². The Labute approximate surface area is 160 Å². The lowest BCUT2D eigenvalue weighted by atomic mass is 9.88. The number of benzene rings is 1. The lowest BCUT2D eigenvalue weighted by Gasteiger charge is -2.21. The summed E-state index contributed by atoms with van der Waals surface area (Å²) in [6.45, 7) is 6.89. The molecule has 0 radical (unpaired) electrons. The van der Waals surface area contributed by atoms with Gasteiger partial charge in [-0.25, -0.2) is 4.98 Å². The Morgan fingerprint density at radius 1 is 1.33 bits per heavy atom. The van der Waals surface area contributed by atoms with E-state index in [9.17, 15) is 18.3 Å². The van der Waals surface area contributed by atoms with E-state index in [0.717, 1.165) is 23.0 Å².